The SMILES string of the molecule is CC(C)(C)NCc1cn(-c2ccc([N+](=O)[O-])c(Cl)c2)nn1. The van der Waals surface area contributed by atoms with Crippen LogP contribution in [0.15, 0.2) is 24.4 Å². The van der Waals surface area contributed by atoms with Crippen molar-refractivity contribution in [2.24, 2.45) is 0 Å². The Hall–Kier alpha value is -1.99. The molecular weight excluding hydrogens is 294 g/mol. The highest BCUT2D eigenvalue weighted by molar-refractivity contribution is 6.32. The lowest BCUT2D eigenvalue weighted by Crippen LogP contribution is -2.35. The molecule has 1 heterocycles. The molecular formula is C13H16ClN5O2. The number of nitrogens with zero attached hydrogens (tertiary/aromatic N) is 4. The van der Waals surface area contributed by atoms with Gasteiger partial charge in [-0.3, -0.25) is 10.1 Å². The van der Waals surface area contributed by atoms with Crippen LogP contribution in [0, 0.1) is 10.1 Å². The Morgan fingerprint density at radius 3 is 2.71 bits per heavy atom. The Morgan fingerprint density at radius 1 is 1.43 bits per heavy atom. The van der Waals surface area contributed by atoms with Gasteiger partial charge in [0.05, 0.1) is 22.5 Å². The van der Waals surface area contributed by atoms with Crippen LogP contribution in [0.3, 0.4) is 0 Å². The first-order valence-corrected chi connectivity index (χ1v) is 6.74. The first-order chi connectivity index (χ1) is 9.76. The second-order valence-electron chi connectivity index (χ2n) is 5.65. The van der Waals surface area contributed by atoms with Gasteiger partial charge in [-0.05, 0) is 32.9 Å². The summed E-state index contributed by atoms with van der Waals surface area (Å²) in [7, 11) is 0. The summed E-state index contributed by atoms with van der Waals surface area (Å²) in [6, 6.07) is 4.43. The summed E-state index contributed by atoms with van der Waals surface area (Å²) in [5.74, 6) is 0. The molecule has 0 amide bonds. The van der Waals surface area contributed by atoms with Gasteiger partial charge in [-0.2, -0.15) is 0 Å². The largest absolute Gasteiger partial charge is 0.306 e. The monoisotopic (exact) mass is 309 g/mol. The predicted octanol–water partition coefficient (Wildman–Crippen LogP) is 2.72. The minimum absolute atomic E-state index is 0.0134. The third-order valence-electron chi connectivity index (χ3n) is 2.73. The topological polar surface area (TPSA) is 85.9 Å². The molecule has 0 spiro atoms. The minimum atomic E-state index is -0.522. The van der Waals surface area contributed by atoms with Crippen LogP contribution in [0.2, 0.25) is 5.02 Å². The standard InChI is InChI=1S/C13H16ClN5O2/c1-13(2,3)15-7-9-8-18(17-16-9)10-4-5-12(19(20)21)11(14)6-10/h4-6,8,15H,7H2,1-3H3. The first-order valence-electron chi connectivity index (χ1n) is 6.37. The molecule has 0 atom stereocenters. The van der Waals surface area contributed by atoms with Crippen LogP contribution in [0.25, 0.3) is 5.69 Å². The highest BCUT2D eigenvalue weighted by atomic mass is 35.5. The van der Waals surface area contributed by atoms with Gasteiger partial charge in [-0.25, -0.2) is 4.68 Å². The van der Waals surface area contributed by atoms with Gasteiger partial charge in [-0.1, -0.05) is 16.8 Å². The van der Waals surface area contributed by atoms with Crippen LogP contribution in [0.1, 0.15) is 26.5 Å². The maximum atomic E-state index is 10.7. The van der Waals surface area contributed by atoms with Gasteiger partial charge in [-0.15, -0.1) is 5.10 Å². The number of nitro benzene ring substituents is 1. The Kier molecular flexibility index (Phi) is 4.24. The van der Waals surface area contributed by atoms with Crippen LogP contribution < -0.4 is 5.32 Å². The fourth-order valence-corrected chi connectivity index (χ4v) is 1.89. The number of benzene rings is 1. The van der Waals surface area contributed by atoms with Gasteiger partial charge in [0.2, 0.25) is 0 Å². The van der Waals surface area contributed by atoms with E-state index in [1.165, 1.54) is 16.8 Å². The van der Waals surface area contributed by atoms with E-state index in [9.17, 15) is 10.1 Å². The molecule has 0 bridgehead atoms. The zero-order valence-corrected chi connectivity index (χ0v) is 12.8. The van der Waals surface area contributed by atoms with E-state index < -0.39 is 4.92 Å². The summed E-state index contributed by atoms with van der Waals surface area (Å²) >= 11 is 5.89. The number of hydrogen-bond donors (Lipinski definition) is 1. The van der Waals surface area contributed by atoms with Crippen LogP contribution >= 0.6 is 11.6 Å². The lowest BCUT2D eigenvalue weighted by Gasteiger charge is -2.19. The second kappa shape index (κ2) is 5.79. The molecule has 8 heteroatoms. The number of rotatable bonds is 4. The van der Waals surface area contributed by atoms with E-state index in [1.54, 1.807) is 12.3 Å². The second-order valence-corrected chi connectivity index (χ2v) is 6.06. The van der Waals surface area contributed by atoms with Gasteiger partial charge < -0.3 is 5.32 Å². The molecule has 0 aliphatic heterocycles. The predicted molar refractivity (Wildman–Crippen MR) is 79.6 cm³/mol. The van der Waals surface area contributed by atoms with Crippen LogP contribution in [0.4, 0.5) is 5.69 Å². The van der Waals surface area contributed by atoms with E-state index >= 15 is 0 Å². The highest BCUT2D eigenvalue weighted by Gasteiger charge is 2.14. The lowest BCUT2D eigenvalue weighted by atomic mass is 10.1. The van der Waals surface area contributed by atoms with Gasteiger partial charge in [0.15, 0.2) is 0 Å². The molecule has 112 valence electrons. The van der Waals surface area contributed by atoms with Gasteiger partial charge in [0.25, 0.3) is 5.69 Å². The summed E-state index contributed by atoms with van der Waals surface area (Å²) in [6.45, 7) is 6.78. The zero-order valence-electron chi connectivity index (χ0n) is 12.0. The van der Waals surface area contributed by atoms with Crippen molar-refractivity contribution in [2.75, 3.05) is 0 Å². The van der Waals surface area contributed by atoms with Crippen LogP contribution in [0.5, 0.6) is 0 Å². The molecule has 2 aromatic rings. The first kappa shape index (κ1) is 15.4. The summed E-state index contributed by atoms with van der Waals surface area (Å²) in [5.41, 5.74) is 1.26. The number of nitrogens with one attached hydrogen (secondary N) is 1. The zero-order chi connectivity index (χ0) is 15.6. The van der Waals surface area contributed by atoms with Crippen molar-refractivity contribution in [3.05, 3.63) is 45.2 Å². The molecule has 0 aliphatic carbocycles. The van der Waals surface area contributed by atoms with Crippen molar-refractivity contribution >= 4 is 17.3 Å². The molecule has 1 N–H and O–H groups in total. The molecule has 0 saturated heterocycles. The lowest BCUT2D eigenvalue weighted by molar-refractivity contribution is -0.384. The number of nitro groups is 1. The summed E-state index contributed by atoms with van der Waals surface area (Å²) in [4.78, 5) is 10.2. The number of hydrogen-bond acceptors (Lipinski definition) is 5. The molecule has 21 heavy (non-hydrogen) atoms. The van der Waals surface area contributed by atoms with Gasteiger partial charge in [0.1, 0.15) is 5.02 Å². The minimum Gasteiger partial charge on any atom is -0.306 e. The Bertz CT molecular complexity index is 663. The van der Waals surface area contributed by atoms with E-state index in [4.69, 9.17) is 11.6 Å². The van der Waals surface area contributed by atoms with Crippen molar-refractivity contribution in [1.82, 2.24) is 20.3 Å². The van der Waals surface area contributed by atoms with E-state index in [1.807, 2.05) is 0 Å². The Labute approximate surface area is 127 Å². The summed E-state index contributed by atoms with van der Waals surface area (Å²) in [6.07, 6.45) is 1.76. The van der Waals surface area contributed by atoms with Crippen molar-refractivity contribution in [1.29, 1.82) is 0 Å². The highest BCUT2D eigenvalue weighted by Crippen LogP contribution is 2.26. The molecule has 1 aromatic carbocycles. The Morgan fingerprint density at radius 2 is 2.14 bits per heavy atom. The molecule has 0 fully saturated rings. The fourth-order valence-electron chi connectivity index (χ4n) is 1.65. The fraction of sp³-hybridized carbons (Fsp3) is 0.385. The maximum Gasteiger partial charge on any atom is 0.288 e. The van der Waals surface area contributed by atoms with Crippen molar-refractivity contribution in [2.45, 2.75) is 32.9 Å². The third-order valence-corrected chi connectivity index (χ3v) is 3.04. The van der Waals surface area contributed by atoms with Gasteiger partial charge in [0, 0.05) is 18.2 Å². The molecule has 0 unspecified atom stereocenters. The molecule has 0 aliphatic rings. The van der Waals surface area contributed by atoms with Crippen molar-refractivity contribution in [3.8, 4) is 5.69 Å². The summed E-state index contributed by atoms with van der Waals surface area (Å²) < 4.78 is 1.54. The van der Waals surface area contributed by atoms with Crippen LogP contribution in [-0.2, 0) is 6.54 Å². The molecule has 0 saturated carbocycles. The quantitative estimate of drug-likeness (QED) is 0.693. The number of halogens is 1. The van der Waals surface area contributed by atoms with Gasteiger partial charge >= 0.3 is 0 Å². The third kappa shape index (κ3) is 3.99. The normalized spacial score (nSPS) is 11.6. The van der Waals surface area contributed by atoms with E-state index in [-0.39, 0.29) is 16.2 Å². The van der Waals surface area contributed by atoms with E-state index in [0.29, 0.717) is 12.2 Å². The van der Waals surface area contributed by atoms with E-state index in [2.05, 4.69) is 36.4 Å². The maximum absolute atomic E-state index is 10.7. The smallest absolute Gasteiger partial charge is 0.288 e. The molecule has 1 aromatic heterocycles. The Balaban J connectivity index is 2.18. The average molecular weight is 310 g/mol. The van der Waals surface area contributed by atoms with E-state index in [0.717, 1.165) is 5.69 Å². The van der Waals surface area contributed by atoms with Crippen molar-refractivity contribution in [3.63, 3.8) is 0 Å². The van der Waals surface area contributed by atoms with Crippen LogP contribution in [-0.4, -0.2) is 25.5 Å². The molecule has 0 radical (unpaired) electrons. The number of aromatic nitrogens is 3. The molecule has 7 nitrogen and oxygen atoms in total. The molecule has 2 rings (SSSR count). The van der Waals surface area contributed by atoms with Crippen molar-refractivity contribution < 1.29 is 4.92 Å². The summed E-state index contributed by atoms with van der Waals surface area (Å²) in [5, 5.41) is 22.2. The average Bonchev–Trinajstić information content (AvgIpc) is 2.83.